The van der Waals surface area contributed by atoms with Crippen LogP contribution >= 0.6 is 15.9 Å². The Balaban J connectivity index is 1.60. The van der Waals surface area contributed by atoms with E-state index in [0.29, 0.717) is 4.83 Å². The number of fused-ring (bicyclic) bond motifs is 1. The molecule has 2 aliphatic rings. The quantitative estimate of drug-likeness (QED) is 0.767. The summed E-state index contributed by atoms with van der Waals surface area (Å²) in [4.78, 5) is 5.06. The molecule has 1 heterocycles. The fourth-order valence-electron chi connectivity index (χ4n) is 3.44. The van der Waals surface area contributed by atoms with Gasteiger partial charge in [0.1, 0.15) is 0 Å². The molecule has 0 bridgehead atoms. The van der Waals surface area contributed by atoms with Gasteiger partial charge in [0.05, 0.1) is 0 Å². The first-order chi connectivity index (χ1) is 7.86. The van der Waals surface area contributed by atoms with E-state index in [2.05, 4.69) is 33.0 Å². The average Bonchev–Trinajstić information content (AvgIpc) is 3.04. The number of nitrogens with zero attached hydrogens (tertiary/aromatic N) is 1. The minimum absolute atomic E-state index is 0.649. The van der Waals surface area contributed by atoms with Crippen LogP contribution in [-0.2, 0) is 6.42 Å². The summed E-state index contributed by atoms with van der Waals surface area (Å²) in [6.07, 6.45) is 8.86. The van der Waals surface area contributed by atoms with Gasteiger partial charge >= 0.3 is 0 Å². The molecule has 0 radical (unpaired) electrons. The summed E-state index contributed by atoms with van der Waals surface area (Å²) in [5.41, 5.74) is 1.23. The number of alkyl halides is 1. The first-order valence-corrected chi connectivity index (χ1v) is 7.32. The zero-order chi connectivity index (χ0) is 11.0. The van der Waals surface area contributed by atoms with Gasteiger partial charge in [-0.25, -0.2) is 0 Å². The summed E-state index contributed by atoms with van der Waals surface area (Å²) in [6, 6.07) is 6.21. The Morgan fingerprint density at radius 3 is 2.62 bits per heavy atom. The molecule has 1 aromatic rings. The molecular formula is C14H18BrN. The van der Waals surface area contributed by atoms with Crippen molar-refractivity contribution >= 4 is 15.9 Å². The second-order valence-electron chi connectivity index (χ2n) is 5.23. The molecule has 0 aliphatic heterocycles. The van der Waals surface area contributed by atoms with Crippen LogP contribution < -0.4 is 0 Å². The Bertz CT molecular complexity index is 339. The number of aromatic nitrogens is 1. The molecule has 0 amide bonds. The molecule has 0 aromatic carbocycles. The van der Waals surface area contributed by atoms with Crippen LogP contribution in [0.25, 0.3) is 0 Å². The summed E-state index contributed by atoms with van der Waals surface area (Å²) in [5.74, 6) is 2.99. The molecule has 2 fully saturated rings. The van der Waals surface area contributed by atoms with Crippen molar-refractivity contribution in [3.8, 4) is 0 Å². The molecule has 0 saturated heterocycles. The Morgan fingerprint density at radius 1 is 1.25 bits per heavy atom. The van der Waals surface area contributed by atoms with Crippen LogP contribution in [-0.4, -0.2) is 9.81 Å². The highest BCUT2D eigenvalue weighted by molar-refractivity contribution is 9.09. The molecule has 2 saturated carbocycles. The van der Waals surface area contributed by atoms with Crippen LogP contribution in [0.1, 0.15) is 31.4 Å². The molecule has 2 aliphatic carbocycles. The number of rotatable bonds is 3. The maximum absolute atomic E-state index is 4.42. The van der Waals surface area contributed by atoms with Crippen LogP contribution in [0.5, 0.6) is 0 Å². The van der Waals surface area contributed by atoms with Gasteiger partial charge in [0.2, 0.25) is 0 Å². The number of hydrogen-bond acceptors (Lipinski definition) is 1. The van der Waals surface area contributed by atoms with E-state index < -0.39 is 0 Å². The van der Waals surface area contributed by atoms with Crippen molar-refractivity contribution in [2.24, 2.45) is 17.8 Å². The van der Waals surface area contributed by atoms with Crippen molar-refractivity contribution < 1.29 is 0 Å². The minimum Gasteiger partial charge on any atom is -0.261 e. The van der Waals surface area contributed by atoms with E-state index in [1.165, 1.54) is 31.4 Å². The second kappa shape index (κ2) is 4.48. The monoisotopic (exact) mass is 279 g/mol. The van der Waals surface area contributed by atoms with Crippen molar-refractivity contribution in [3.63, 3.8) is 0 Å². The van der Waals surface area contributed by atoms with Gasteiger partial charge in [-0.05, 0) is 42.7 Å². The van der Waals surface area contributed by atoms with E-state index in [0.717, 1.165) is 24.2 Å². The summed E-state index contributed by atoms with van der Waals surface area (Å²) in [5, 5.41) is 0. The normalized spacial score (nSPS) is 34.2. The Labute approximate surface area is 106 Å². The molecular weight excluding hydrogens is 262 g/mol. The summed E-state index contributed by atoms with van der Waals surface area (Å²) in [6.45, 7) is 0. The SMILES string of the molecule is BrC(Cc1ccccn1)C1C2CCCCC21. The van der Waals surface area contributed by atoms with Crippen molar-refractivity contribution in [1.82, 2.24) is 4.98 Å². The van der Waals surface area contributed by atoms with Crippen LogP contribution in [0.2, 0.25) is 0 Å². The highest BCUT2D eigenvalue weighted by atomic mass is 79.9. The lowest BCUT2D eigenvalue weighted by Gasteiger charge is -2.08. The third-order valence-electron chi connectivity index (χ3n) is 4.27. The predicted molar refractivity (Wildman–Crippen MR) is 69.6 cm³/mol. The lowest BCUT2D eigenvalue weighted by molar-refractivity contribution is 0.480. The molecule has 2 heteroatoms. The predicted octanol–water partition coefficient (Wildman–Crippen LogP) is 3.82. The fourth-order valence-corrected chi connectivity index (χ4v) is 4.55. The van der Waals surface area contributed by atoms with E-state index in [-0.39, 0.29) is 0 Å². The van der Waals surface area contributed by atoms with Crippen molar-refractivity contribution in [1.29, 1.82) is 0 Å². The third kappa shape index (κ3) is 2.04. The topological polar surface area (TPSA) is 12.9 Å². The van der Waals surface area contributed by atoms with E-state index in [9.17, 15) is 0 Å². The maximum Gasteiger partial charge on any atom is 0.0414 e. The van der Waals surface area contributed by atoms with Gasteiger partial charge < -0.3 is 0 Å². The second-order valence-corrected chi connectivity index (χ2v) is 6.41. The molecule has 1 aromatic heterocycles. The maximum atomic E-state index is 4.42. The molecule has 3 atom stereocenters. The smallest absolute Gasteiger partial charge is 0.0414 e. The lowest BCUT2D eigenvalue weighted by Crippen LogP contribution is -2.08. The van der Waals surface area contributed by atoms with Gasteiger partial charge in [0.15, 0.2) is 0 Å². The molecule has 1 nitrogen and oxygen atoms in total. The lowest BCUT2D eigenvalue weighted by atomic mass is 10.0. The van der Waals surface area contributed by atoms with Gasteiger partial charge in [0, 0.05) is 23.1 Å². The minimum atomic E-state index is 0.649. The molecule has 86 valence electrons. The Hall–Kier alpha value is -0.370. The zero-order valence-corrected chi connectivity index (χ0v) is 11.1. The van der Waals surface area contributed by atoms with Gasteiger partial charge in [-0.1, -0.05) is 34.8 Å². The van der Waals surface area contributed by atoms with Crippen LogP contribution in [0.15, 0.2) is 24.4 Å². The fraction of sp³-hybridized carbons (Fsp3) is 0.643. The standard InChI is InChI=1S/C14H18BrN/c15-13(9-10-5-3-4-8-16-10)14-11-6-1-2-7-12(11)14/h3-5,8,11-14H,1-2,6-7,9H2. The Kier molecular flexibility index (Phi) is 3.01. The number of pyridine rings is 1. The van der Waals surface area contributed by atoms with E-state index in [4.69, 9.17) is 0 Å². The van der Waals surface area contributed by atoms with Gasteiger partial charge in [-0.2, -0.15) is 0 Å². The highest BCUT2D eigenvalue weighted by Crippen LogP contribution is 2.58. The molecule has 0 N–H and O–H groups in total. The summed E-state index contributed by atoms with van der Waals surface area (Å²) < 4.78 is 0. The number of hydrogen-bond donors (Lipinski definition) is 0. The molecule has 3 unspecified atom stereocenters. The average molecular weight is 280 g/mol. The third-order valence-corrected chi connectivity index (χ3v) is 5.20. The van der Waals surface area contributed by atoms with Crippen LogP contribution in [0.4, 0.5) is 0 Å². The summed E-state index contributed by atoms with van der Waals surface area (Å²) in [7, 11) is 0. The Morgan fingerprint density at radius 2 is 2.00 bits per heavy atom. The molecule has 0 spiro atoms. The van der Waals surface area contributed by atoms with Gasteiger partial charge in [-0.15, -0.1) is 0 Å². The van der Waals surface area contributed by atoms with E-state index >= 15 is 0 Å². The first-order valence-electron chi connectivity index (χ1n) is 6.40. The zero-order valence-electron chi connectivity index (χ0n) is 9.48. The largest absolute Gasteiger partial charge is 0.261 e. The van der Waals surface area contributed by atoms with Crippen LogP contribution in [0, 0.1) is 17.8 Å². The summed E-state index contributed by atoms with van der Waals surface area (Å²) >= 11 is 3.89. The molecule has 3 rings (SSSR count). The van der Waals surface area contributed by atoms with E-state index in [1.807, 2.05) is 12.3 Å². The van der Waals surface area contributed by atoms with Gasteiger partial charge in [-0.3, -0.25) is 4.98 Å². The van der Waals surface area contributed by atoms with Crippen molar-refractivity contribution in [3.05, 3.63) is 30.1 Å². The van der Waals surface area contributed by atoms with E-state index in [1.54, 1.807) is 0 Å². The van der Waals surface area contributed by atoms with Crippen molar-refractivity contribution in [2.75, 3.05) is 0 Å². The molecule has 16 heavy (non-hydrogen) atoms. The first kappa shape index (κ1) is 10.8. The van der Waals surface area contributed by atoms with Crippen molar-refractivity contribution in [2.45, 2.75) is 36.9 Å². The van der Waals surface area contributed by atoms with Gasteiger partial charge in [0.25, 0.3) is 0 Å². The van der Waals surface area contributed by atoms with Crippen LogP contribution in [0.3, 0.4) is 0 Å². The highest BCUT2D eigenvalue weighted by Gasteiger charge is 2.53. The number of halogens is 1.